The molecule has 6 heteroatoms. The van der Waals surface area contributed by atoms with Crippen LogP contribution in [0.5, 0.6) is 0 Å². The molecule has 1 heterocycles. The van der Waals surface area contributed by atoms with Gasteiger partial charge in [0.05, 0.1) is 0 Å². The highest BCUT2D eigenvalue weighted by Crippen LogP contribution is 2.20. The second-order valence-corrected chi connectivity index (χ2v) is 5.72. The van der Waals surface area contributed by atoms with Crippen LogP contribution in [0.25, 0.3) is 0 Å². The lowest BCUT2D eigenvalue weighted by Gasteiger charge is -2.37. The van der Waals surface area contributed by atoms with E-state index in [2.05, 4.69) is 4.90 Å². The van der Waals surface area contributed by atoms with E-state index < -0.39 is 12.0 Å². The number of nitrogens with zero attached hydrogens (tertiary/aromatic N) is 2. The summed E-state index contributed by atoms with van der Waals surface area (Å²) in [6.07, 6.45) is 0.610. The molecule has 116 valence electrons. The molecular formula is C15H20ClFN2O2. The van der Waals surface area contributed by atoms with E-state index in [1.807, 2.05) is 11.8 Å². The Morgan fingerprint density at radius 1 is 1.38 bits per heavy atom. The van der Waals surface area contributed by atoms with Gasteiger partial charge in [0.15, 0.2) is 0 Å². The third-order valence-electron chi connectivity index (χ3n) is 3.93. The van der Waals surface area contributed by atoms with Crippen LogP contribution in [-0.2, 0) is 11.3 Å². The summed E-state index contributed by atoms with van der Waals surface area (Å²) in [6, 6.07) is 4.04. The van der Waals surface area contributed by atoms with E-state index in [-0.39, 0.29) is 5.82 Å². The fourth-order valence-corrected chi connectivity index (χ4v) is 2.94. The number of hydrogen-bond donors (Lipinski definition) is 1. The third kappa shape index (κ3) is 4.15. The smallest absolute Gasteiger partial charge is 0.320 e. The third-order valence-corrected chi connectivity index (χ3v) is 4.28. The SMILES string of the molecule is CCC(C(=O)O)N1CCN(Cc2ccc(F)cc2Cl)CC1. The van der Waals surface area contributed by atoms with Crippen molar-refractivity contribution in [2.24, 2.45) is 0 Å². The maximum atomic E-state index is 13.0. The molecular weight excluding hydrogens is 295 g/mol. The predicted molar refractivity (Wildman–Crippen MR) is 80.0 cm³/mol. The van der Waals surface area contributed by atoms with Crippen molar-refractivity contribution in [3.05, 3.63) is 34.6 Å². The molecule has 2 rings (SSSR count). The van der Waals surface area contributed by atoms with Crippen LogP contribution in [-0.4, -0.2) is 53.1 Å². The van der Waals surface area contributed by atoms with Crippen molar-refractivity contribution in [1.82, 2.24) is 9.80 Å². The van der Waals surface area contributed by atoms with Crippen molar-refractivity contribution in [2.75, 3.05) is 26.2 Å². The zero-order chi connectivity index (χ0) is 15.4. The molecule has 4 nitrogen and oxygen atoms in total. The highest BCUT2D eigenvalue weighted by molar-refractivity contribution is 6.31. The fraction of sp³-hybridized carbons (Fsp3) is 0.533. The minimum absolute atomic E-state index is 0.333. The van der Waals surface area contributed by atoms with Crippen LogP contribution in [0.4, 0.5) is 4.39 Å². The van der Waals surface area contributed by atoms with Gasteiger partial charge in [-0.05, 0) is 24.1 Å². The topological polar surface area (TPSA) is 43.8 Å². The van der Waals surface area contributed by atoms with E-state index in [1.54, 1.807) is 6.07 Å². The Labute approximate surface area is 129 Å². The summed E-state index contributed by atoms with van der Waals surface area (Å²) in [7, 11) is 0. The molecule has 0 aromatic heterocycles. The maximum Gasteiger partial charge on any atom is 0.320 e. The molecule has 0 radical (unpaired) electrons. The Balaban J connectivity index is 1.91. The van der Waals surface area contributed by atoms with E-state index in [4.69, 9.17) is 11.6 Å². The van der Waals surface area contributed by atoms with E-state index >= 15 is 0 Å². The van der Waals surface area contributed by atoms with Crippen molar-refractivity contribution in [3.8, 4) is 0 Å². The molecule has 0 spiro atoms. The number of carboxylic acid groups (broad SMARTS) is 1. The first kappa shape index (κ1) is 16.2. The van der Waals surface area contributed by atoms with Crippen LogP contribution < -0.4 is 0 Å². The van der Waals surface area contributed by atoms with Crippen LogP contribution in [0.3, 0.4) is 0 Å². The van der Waals surface area contributed by atoms with Gasteiger partial charge in [-0.1, -0.05) is 24.6 Å². The van der Waals surface area contributed by atoms with Crippen LogP contribution in [0.15, 0.2) is 18.2 Å². The van der Waals surface area contributed by atoms with Gasteiger partial charge in [-0.15, -0.1) is 0 Å². The van der Waals surface area contributed by atoms with Crippen molar-refractivity contribution in [2.45, 2.75) is 25.9 Å². The number of carbonyl (C=O) groups is 1. The van der Waals surface area contributed by atoms with Crippen molar-refractivity contribution < 1.29 is 14.3 Å². The second kappa shape index (κ2) is 7.20. The molecule has 1 aromatic rings. The first-order valence-corrected chi connectivity index (χ1v) is 7.52. The summed E-state index contributed by atoms with van der Waals surface area (Å²) in [5.41, 5.74) is 0.900. The molecule has 1 fully saturated rings. The van der Waals surface area contributed by atoms with Crippen LogP contribution in [0.2, 0.25) is 5.02 Å². The van der Waals surface area contributed by atoms with E-state index in [1.165, 1.54) is 12.1 Å². The molecule has 0 amide bonds. The average molecular weight is 315 g/mol. The fourth-order valence-electron chi connectivity index (χ4n) is 2.71. The van der Waals surface area contributed by atoms with Gasteiger partial charge >= 0.3 is 5.97 Å². The molecule has 1 aliphatic rings. The van der Waals surface area contributed by atoms with Gasteiger partial charge in [-0.3, -0.25) is 14.6 Å². The van der Waals surface area contributed by atoms with Gasteiger partial charge in [0, 0.05) is 37.7 Å². The first-order chi connectivity index (χ1) is 10.0. The molecule has 0 saturated carbocycles. The number of piperazine rings is 1. The van der Waals surface area contributed by atoms with Gasteiger partial charge in [0.25, 0.3) is 0 Å². The number of benzene rings is 1. The number of carboxylic acids is 1. The minimum Gasteiger partial charge on any atom is -0.480 e. The lowest BCUT2D eigenvalue weighted by Crippen LogP contribution is -2.52. The maximum absolute atomic E-state index is 13.0. The Morgan fingerprint density at radius 3 is 2.57 bits per heavy atom. The zero-order valence-corrected chi connectivity index (χ0v) is 12.8. The summed E-state index contributed by atoms with van der Waals surface area (Å²) in [6.45, 7) is 5.59. The number of halogens is 2. The Bertz CT molecular complexity index is 504. The zero-order valence-electron chi connectivity index (χ0n) is 12.1. The van der Waals surface area contributed by atoms with Crippen molar-refractivity contribution in [3.63, 3.8) is 0 Å². The number of rotatable bonds is 5. The van der Waals surface area contributed by atoms with Gasteiger partial charge in [0.1, 0.15) is 11.9 Å². The minimum atomic E-state index is -0.757. The molecule has 1 saturated heterocycles. The lowest BCUT2D eigenvalue weighted by atomic mass is 10.1. The monoisotopic (exact) mass is 314 g/mol. The average Bonchev–Trinajstić information content (AvgIpc) is 2.44. The van der Waals surface area contributed by atoms with Gasteiger partial charge in [0.2, 0.25) is 0 Å². The highest BCUT2D eigenvalue weighted by atomic mass is 35.5. The number of hydrogen-bond acceptors (Lipinski definition) is 3. The molecule has 1 atom stereocenters. The summed E-state index contributed by atoms with van der Waals surface area (Å²) < 4.78 is 13.0. The highest BCUT2D eigenvalue weighted by Gasteiger charge is 2.27. The molecule has 1 aromatic carbocycles. The largest absolute Gasteiger partial charge is 0.480 e. The number of aliphatic carboxylic acids is 1. The Hall–Kier alpha value is -1.17. The van der Waals surface area contributed by atoms with Crippen LogP contribution in [0.1, 0.15) is 18.9 Å². The molecule has 1 unspecified atom stereocenters. The van der Waals surface area contributed by atoms with E-state index in [0.29, 0.717) is 18.0 Å². The summed E-state index contributed by atoms with van der Waals surface area (Å²) in [5, 5.41) is 9.62. The lowest BCUT2D eigenvalue weighted by molar-refractivity contribution is -0.144. The Morgan fingerprint density at radius 2 is 2.05 bits per heavy atom. The van der Waals surface area contributed by atoms with Gasteiger partial charge in [-0.25, -0.2) is 4.39 Å². The summed E-state index contributed by atoms with van der Waals surface area (Å²) >= 11 is 6.04. The molecule has 21 heavy (non-hydrogen) atoms. The summed E-state index contributed by atoms with van der Waals surface area (Å²) in [4.78, 5) is 15.4. The second-order valence-electron chi connectivity index (χ2n) is 5.31. The van der Waals surface area contributed by atoms with Gasteiger partial charge < -0.3 is 5.11 Å². The van der Waals surface area contributed by atoms with E-state index in [0.717, 1.165) is 31.7 Å². The standard InChI is InChI=1S/C15H20ClFN2O2/c1-2-14(15(20)21)19-7-5-18(6-8-19)10-11-3-4-12(17)9-13(11)16/h3-4,9,14H,2,5-8,10H2,1H3,(H,20,21). The predicted octanol–water partition coefficient (Wildman–Crippen LogP) is 2.46. The van der Waals surface area contributed by atoms with Gasteiger partial charge in [-0.2, -0.15) is 0 Å². The summed E-state index contributed by atoms with van der Waals surface area (Å²) in [5.74, 6) is -1.09. The van der Waals surface area contributed by atoms with Crippen LogP contribution in [0, 0.1) is 5.82 Å². The molecule has 0 aliphatic carbocycles. The normalized spacial score (nSPS) is 18.6. The van der Waals surface area contributed by atoms with Crippen molar-refractivity contribution >= 4 is 17.6 Å². The molecule has 1 N–H and O–H groups in total. The van der Waals surface area contributed by atoms with Crippen LogP contribution >= 0.6 is 11.6 Å². The van der Waals surface area contributed by atoms with Crippen molar-refractivity contribution in [1.29, 1.82) is 0 Å². The molecule has 1 aliphatic heterocycles. The quantitative estimate of drug-likeness (QED) is 0.906. The Kier molecular flexibility index (Phi) is 5.56. The first-order valence-electron chi connectivity index (χ1n) is 7.14. The van der Waals surface area contributed by atoms with E-state index in [9.17, 15) is 14.3 Å². The molecule has 0 bridgehead atoms.